The zero-order chi connectivity index (χ0) is 14.8. The van der Waals surface area contributed by atoms with Crippen molar-refractivity contribution >= 4 is 11.8 Å². The Labute approximate surface area is 127 Å². The molecular weight excluding hydrogens is 258 g/mol. The van der Waals surface area contributed by atoms with E-state index < -0.39 is 0 Å². The topological polar surface area (TPSA) is 21.3 Å². The smallest absolute Gasteiger partial charge is 0.119 e. The minimum absolute atomic E-state index is 0.709. The van der Waals surface area contributed by atoms with Crippen molar-refractivity contribution in [1.29, 1.82) is 0 Å². The van der Waals surface area contributed by atoms with E-state index in [4.69, 9.17) is 4.74 Å². The molecule has 110 valence electrons. The summed E-state index contributed by atoms with van der Waals surface area (Å²) in [7, 11) is 0. The largest absolute Gasteiger partial charge is 0.494 e. The number of unbranched alkanes of at least 4 members (excludes halogenated alkanes) is 1. The van der Waals surface area contributed by atoms with Gasteiger partial charge in [0.25, 0.3) is 0 Å². The van der Waals surface area contributed by atoms with Crippen molar-refractivity contribution < 1.29 is 4.74 Å². The van der Waals surface area contributed by atoms with Crippen molar-refractivity contribution in [3.8, 4) is 5.75 Å². The van der Waals surface area contributed by atoms with Gasteiger partial charge in [0, 0.05) is 12.2 Å². The number of hydrogen-bond acceptors (Lipinski definition) is 2. The van der Waals surface area contributed by atoms with Gasteiger partial charge in [0.1, 0.15) is 5.75 Å². The molecule has 0 bridgehead atoms. The Hall–Kier alpha value is -2.22. The number of allylic oxidation sites excluding steroid dienone is 1. The summed E-state index contributed by atoms with van der Waals surface area (Å²) in [4.78, 5) is 0. The van der Waals surface area contributed by atoms with Gasteiger partial charge in [-0.3, -0.25) is 0 Å². The van der Waals surface area contributed by atoms with Gasteiger partial charge < -0.3 is 10.1 Å². The summed E-state index contributed by atoms with van der Waals surface area (Å²) in [6.07, 6.45) is 6.61. The lowest BCUT2D eigenvalue weighted by Crippen LogP contribution is -2.00. The first-order chi connectivity index (χ1) is 10.4. The molecule has 0 unspecified atom stereocenters. The highest BCUT2D eigenvalue weighted by Gasteiger charge is 1.93. The lowest BCUT2D eigenvalue weighted by atomic mass is 10.2. The van der Waals surface area contributed by atoms with E-state index in [1.807, 2.05) is 25.1 Å². The van der Waals surface area contributed by atoms with Crippen LogP contribution >= 0.6 is 0 Å². The normalized spacial score (nSPS) is 10.7. The van der Waals surface area contributed by atoms with Crippen molar-refractivity contribution in [2.24, 2.45) is 0 Å². The molecule has 0 aliphatic heterocycles. The van der Waals surface area contributed by atoms with Gasteiger partial charge in [0.05, 0.1) is 6.61 Å². The molecule has 0 saturated carbocycles. The molecule has 0 saturated heterocycles. The quantitative estimate of drug-likeness (QED) is 0.688. The van der Waals surface area contributed by atoms with Crippen molar-refractivity contribution in [2.45, 2.75) is 19.8 Å². The van der Waals surface area contributed by atoms with Crippen LogP contribution in [0.2, 0.25) is 0 Å². The van der Waals surface area contributed by atoms with E-state index in [9.17, 15) is 0 Å². The molecule has 2 aromatic carbocycles. The summed E-state index contributed by atoms with van der Waals surface area (Å²) in [5.74, 6) is 0.925. The average Bonchev–Trinajstić information content (AvgIpc) is 2.53. The maximum atomic E-state index is 5.42. The van der Waals surface area contributed by atoms with Crippen LogP contribution in [0.1, 0.15) is 25.3 Å². The number of nitrogens with one attached hydrogen (secondary N) is 1. The third-order valence-electron chi connectivity index (χ3n) is 3.15. The second kappa shape index (κ2) is 8.85. The summed E-state index contributed by atoms with van der Waals surface area (Å²) in [6.45, 7) is 3.68. The predicted molar refractivity (Wildman–Crippen MR) is 90.8 cm³/mol. The van der Waals surface area contributed by atoms with Crippen molar-refractivity contribution in [3.05, 3.63) is 66.2 Å². The SMILES string of the molecule is CCOc1ccc(NCCCC=Cc2ccccc2)cc1. The third kappa shape index (κ3) is 5.74. The molecule has 2 heteroatoms. The van der Waals surface area contributed by atoms with Gasteiger partial charge in [-0.05, 0) is 49.6 Å². The molecule has 0 aliphatic carbocycles. The van der Waals surface area contributed by atoms with Gasteiger partial charge in [0.15, 0.2) is 0 Å². The predicted octanol–water partition coefficient (Wildman–Crippen LogP) is 4.99. The Kier molecular flexibility index (Phi) is 6.40. The van der Waals surface area contributed by atoms with Crippen LogP contribution in [0.15, 0.2) is 60.7 Å². The van der Waals surface area contributed by atoms with E-state index in [1.165, 1.54) is 5.56 Å². The summed E-state index contributed by atoms with van der Waals surface area (Å²) in [6, 6.07) is 18.5. The first-order valence-electron chi connectivity index (χ1n) is 7.57. The van der Waals surface area contributed by atoms with Crippen LogP contribution in [-0.2, 0) is 0 Å². The highest BCUT2D eigenvalue weighted by Crippen LogP contribution is 2.15. The standard InChI is InChI=1S/C19H23NO/c1-2-21-19-14-12-18(13-15-19)20-16-8-4-7-11-17-9-5-3-6-10-17/h3,5-7,9-15,20H,2,4,8,16H2,1H3. The van der Waals surface area contributed by atoms with Crippen LogP contribution in [0.5, 0.6) is 5.75 Å². The van der Waals surface area contributed by atoms with E-state index in [0.29, 0.717) is 6.61 Å². The lowest BCUT2D eigenvalue weighted by molar-refractivity contribution is 0.340. The maximum absolute atomic E-state index is 5.42. The summed E-state index contributed by atoms with van der Waals surface area (Å²) >= 11 is 0. The van der Waals surface area contributed by atoms with Gasteiger partial charge in [-0.1, -0.05) is 42.5 Å². The Morgan fingerprint density at radius 1 is 1.00 bits per heavy atom. The minimum atomic E-state index is 0.709. The monoisotopic (exact) mass is 281 g/mol. The van der Waals surface area contributed by atoms with Crippen LogP contribution in [-0.4, -0.2) is 13.2 Å². The molecule has 0 aliphatic rings. The summed E-state index contributed by atoms with van der Waals surface area (Å²) in [5.41, 5.74) is 2.41. The molecule has 2 nitrogen and oxygen atoms in total. The molecule has 21 heavy (non-hydrogen) atoms. The Morgan fingerprint density at radius 3 is 2.48 bits per heavy atom. The molecule has 0 heterocycles. The first-order valence-corrected chi connectivity index (χ1v) is 7.57. The van der Waals surface area contributed by atoms with Gasteiger partial charge in [-0.15, -0.1) is 0 Å². The Balaban J connectivity index is 1.64. The second-order valence-electron chi connectivity index (χ2n) is 4.84. The van der Waals surface area contributed by atoms with E-state index in [1.54, 1.807) is 0 Å². The van der Waals surface area contributed by atoms with Gasteiger partial charge in [0.2, 0.25) is 0 Å². The van der Waals surface area contributed by atoms with Crippen LogP contribution in [0.4, 0.5) is 5.69 Å². The zero-order valence-corrected chi connectivity index (χ0v) is 12.6. The van der Waals surface area contributed by atoms with Gasteiger partial charge in [-0.2, -0.15) is 0 Å². The van der Waals surface area contributed by atoms with Crippen LogP contribution in [0.25, 0.3) is 6.08 Å². The van der Waals surface area contributed by atoms with Crippen molar-refractivity contribution in [2.75, 3.05) is 18.5 Å². The van der Waals surface area contributed by atoms with E-state index in [0.717, 1.165) is 30.8 Å². The maximum Gasteiger partial charge on any atom is 0.119 e. The lowest BCUT2D eigenvalue weighted by Gasteiger charge is -2.07. The fraction of sp³-hybridized carbons (Fsp3) is 0.263. The van der Waals surface area contributed by atoms with Crippen LogP contribution < -0.4 is 10.1 Å². The highest BCUT2D eigenvalue weighted by atomic mass is 16.5. The Bertz CT molecular complexity index is 531. The van der Waals surface area contributed by atoms with E-state index >= 15 is 0 Å². The molecule has 2 rings (SSSR count). The van der Waals surface area contributed by atoms with E-state index in [-0.39, 0.29) is 0 Å². The van der Waals surface area contributed by atoms with Crippen molar-refractivity contribution in [3.63, 3.8) is 0 Å². The third-order valence-corrected chi connectivity index (χ3v) is 3.15. The second-order valence-corrected chi connectivity index (χ2v) is 4.84. The molecule has 0 aromatic heterocycles. The molecule has 1 N–H and O–H groups in total. The Morgan fingerprint density at radius 2 is 1.76 bits per heavy atom. The van der Waals surface area contributed by atoms with Crippen molar-refractivity contribution in [1.82, 2.24) is 0 Å². The molecule has 0 fully saturated rings. The fourth-order valence-corrected chi connectivity index (χ4v) is 2.07. The van der Waals surface area contributed by atoms with Gasteiger partial charge >= 0.3 is 0 Å². The number of hydrogen-bond donors (Lipinski definition) is 1. The average molecular weight is 281 g/mol. The van der Waals surface area contributed by atoms with Crippen LogP contribution in [0, 0.1) is 0 Å². The molecular formula is C19H23NO. The van der Waals surface area contributed by atoms with Crippen LogP contribution in [0.3, 0.4) is 0 Å². The number of ether oxygens (including phenoxy) is 1. The van der Waals surface area contributed by atoms with Gasteiger partial charge in [-0.25, -0.2) is 0 Å². The van der Waals surface area contributed by atoms with E-state index in [2.05, 4.69) is 53.9 Å². The molecule has 2 aromatic rings. The summed E-state index contributed by atoms with van der Waals surface area (Å²) < 4.78 is 5.42. The zero-order valence-electron chi connectivity index (χ0n) is 12.6. The molecule has 0 radical (unpaired) electrons. The fourth-order valence-electron chi connectivity index (χ4n) is 2.07. The molecule has 0 spiro atoms. The first kappa shape index (κ1) is 15.2. The number of benzene rings is 2. The molecule has 0 atom stereocenters. The minimum Gasteiger partial charge on any atom is -0.494 e. The number of anilines is 1. The summed E-state index contributed by atoms with van der Waals surface area (Å²) in [5, 5.41) is 3.42. The number of rotatable bonds is 8. The molecule has 0 amide bonds. The highest BCUT2D eigenvalue weighted by molar-refractivity contribution is 5.48.